The molecule has 1 amide bonds. The monoisotopic (exact) mass is 392 g/mol. The molecule has 1 aromatic carbocycles. The number of hydrogen-bond donors (Lipinski definition) is 1. The third-order valence-corrected chi connectivity index (χ3v) is 7.08. The number of amides is 1. The van der Waals surface area contributed by atoms with Gasteiger partial charge in [0, 0.05) is 19.5 Å². The van der Waals surface area contributed by atoms with Crippen molar-refractivity contribution in [3.63, 3.8) is 0 Å². The van der Waals surface area contributed by atoms with Gasteiger partial charge >= 0.3 is 0 Å². The summed E-state index contributed by atoms with van der Waals surface area (Å²) in [6, 6.07) is 7.83. The van der Waals surface area contributed by atoms with E-state index in [-0.39, 0.29) is 29.8 Å². The molecule has 1 fully saturated rings. The fourth-order valence-electron chi connectivity index (χ4n) is 3.65. The van der Waals surface area contributed by atoms with Gasteiger partial charge in [-0.15, -0.1) is 0 Å². The van der Waals surface area contributed by atoms with E-state index in [0.29, 0.717) is 12.4 Å². The number of benzene rings is 1. The quantitative estimate of drug-likeness (QED) is 0.744. The number of para-hydroxylation sites is 2. The first kappa shape index (κ1) is 19.8. The first-order chi connectivity index (χ1) is 12.9. The van der Waals surface area contributed by atoms with Crippen LogP contribution in [0.1, 0.15) is 26.7 Å². The van der Waals surface area contributed by atoms with Crippen molar-refractivity contribution in [2.45, 2.75) is 33.2 Å². The van der Waals surface area contributed by atoms with E-state index in [9.17, 15) is 13.2 Å². The van der Waals surface area contributed by atoms with E-state index >= 15 is 0 Å². The van der Waals surface area contributed by atoms with Crippen LogP contribution in [0.15, 0.2) is 24.3 Å². The molecule has 1 aromatic heterocycles. The number of carbonyl (C=O) groups excluding carboxylic acids is 1. The summed E-state index contributed by atoms with van der Waals surface area (Å²) in [5, 5.41) is 2.91. The average molecular weight is 393 g/mol. The molecule has 27 heavy (non-hydrogen) atoms. The first-order valence-corrected chi connectivity index (χ1v) is 11.4. The maximum absolute atomic E-state index is 12.5. The largest absolute Gasteiger partial charge is 0.309 e. The molecule has 148 valence electrons. The number of imidazole rings is 1. The van der Waals surface area contributed by atoms with E-state index in [0.717, 1.165) is 37.2 Å². The molecule has 0 bridgehead atoms. The number of hydrogen-bond acceptors (Lipinski definition) is 5. The Kier molecular flexibility index (Phi) is 6.16. The predicted octanol–water partition coefficient (Wildman–Crippen LogP) is 2.14. The summed E-state index contributed by atoms with van der Waals surface area (Å²) in [4.78, 5) is 19.4. The Balaban J connectivity index is 1.74. The molecular weight excluding hydrogens is 364 g/mol. The van der Waals surface area contributed by atoms with Crippen molar-refractivity contribution >= 4 is 32.7 Å². The van der Waals surface area contributed by atoms with Gasteiger partial charge in [-0.2, -0.15) is 0 Å². The molecule has 0 spiro atoms. The molecular formula is C19H28N4O3S. The standard InChI is InChI=1S/C19H28N4O3S/c1-3-22(4-2)10-11-23-17-8-6-5-7-16(17)20-19(23)21-18(24)13-15-9-12-27(25,26)14-15/h5-8,15H,3-4,9-14H2,1-2H3,(H,20,21,24). The Morgan fingerprint density at radius 1 is 1.30 bits per heavy atom. The summed E-state index contributed by atoms with van der Waals surface area (Å²) in [5.41, 5.74) is 1.83. The highest BCUT2D eigenvalue weighted by Crippen LogP contribution is 2.23. The van der Waals surface area contributed by atoms with Crippen molar-refractivity contribution in [1.82, 2.24) is 14.5 Å². The molecule has 2 heterocycles. The van der Waals surface area contributed by atoms with Gasteiger partial charge in [-0.1, -0.05) is 26.0 Å². The Morgan fingerprint density at radius 3 is 2.70 bits per heavy atom. The number of sulfone groups is 1. The van der Waals surface area contributed by atoms with Crippen molar-refractivity contribution in [2.75, 3.05) is 36.5 Å². The zero-order valence-corrected chi connectivity index (χ0v) is 16.8. The second-order valence-corrected chi connectivity index (χ2v) is 9.35. The molecule has 2 aromatic rings. The number of anilines is 1. The van der Waals surface area contributed by atoms with Crippen LogP contribution in [0.3, 0.4) is 0 Å². The maximum Gasteiger partial charge on any atom is 0.226 e. The lowest BCUT2D eigenvalue weighted by atomic mass is 10.1. The molecule has 0 aliphatic carbocycles. The Hall–Kier alpha value is -1.93. The van der Waals surface area contributed by atoms with Gasteiger partial charge in [0.1, 0.15) is 0 Å². The molecule has 1 saturated heterocycles. The van der Waals surface area contributed by atoms with E-state index in [1.807, 2.05) is 28.8 Å². The normalized spacial score (nSPS) is 19.0. The second-order valence-electron chi connectivity index (χ2n) is 7.12. The molecule has 1 aliphatic rings. The minimum Gasteiger partial charge on any atom is -0.309 e. The van der Waals surface area contributed by atoms with Crippen LogP contribution in [0.5, 0.6) is 0 Å². The van der Waals surface area contributed by atoms with Crippen LogP contribution in [-0.2, 0) is 21.2 Å². The van der Waals surface area contributed by atoms with Crippen LogP contribution in [0, 0.1) is 5.92 Å². The molecule has 0 radical (unpaired) electrons. The number of nitrogens with one attached hydrogen (secondary N) is 1. The van der Waals surface area contributed by atoms with Crippen molar-refractivity contribution in [3.8, 4) is 0 Å². The number of fused-ring (bicyclic) bond motifs is 1. The highest BCUT2D eigenvalue weighted by molar-refractivity contribution is 7.91. The van der Waals surface area contributed by atoms with E-state index in [4.69, 9.17) is 0 Å². The number of nitrogens with zero attached hydrogens (tertiary/aromatic N) is 3. The van der Waals surface area contributed by atoms with E-state index in [1.165, 1.54) is 0 Å². The summed E-state index contributed by atoms with van der Waals surface area (Å²) in [6.45, 7) is 7.82. The van der Waals surface area contributed by atoms with Crippen LogP contribution >= 0.6 is 0 Å². The zero-order valence-electron chi connectivity index (χ0n) is 16.0. The molecule has 0 saturated carbocycles. The van der Waals surface area contributed by atoms with Crippen molar-refractivity contribution in [2.24, 2.45) is 5.92 Å². The van der Waals surface area contributed by atoms with Gasteiger partial charge in [-0.3, -0.25) is 10.1 Å². The van der Waals surface area contributed by atoms with Crippen molar-refractivity contribution in [3.05, 3.63) is 24.3 Å². The lowest BCUT2D eigenvalue weighted by Crippen LogP contribution is -2.28. The van der Waals surface area contributed by atoms with Crippen LogP contribution in [-0.4, -0.2) is 59.9 Å². The molecule has 8 heteroatoms. The van der Waals surface area contributed by atoms with Gasteiger partial charge in [0.15, 0.2) is 9.84 Å². The Bertz CT molecular complexity index is 903. The summed E-state index contributed by atoms with van der Waals surface area (Å²) >= 11 is 0. The van der Waals surface area contributed by atoms with Gasteiger partial charge in [-0.05, 0) is 37.6 Å². The lowest BCUT2D eigenvalue weighted by Gasteiger charge is -2.19. The van der Waals surface area contributed by atoms with Crippen molar-refractivity contribution in [1.29, 1.82) is 0 Å². The molecule has 7 nitrogen and oxygen atoms in total. The minimum absolute atomic E-state index is 0.0940. The highest BCUT2D eigenvalue weighted by Gasteiger charge is 2.29. The summed E-state index contributed by atoms with van der Waals surface area (Å²) in [6.07, 6.45) is 0.784. The van der Waals surface area contributed by atoms with Crippen LogP contribution in [0.25, 0.3) is 11.0 Å². The van der Waals surface area contributed by atoms with Gasteiger partial charge in [0.2, 0.25) is 11.9 Å². The number of carbonyl (C=O) groups is 1. The van der Waals surface area contributed by atoms with E-state index in [1.54, 1.807) is 0 Å². The number of aromatic nitrogens is 2. The summed E-state index contributed by atoms with van der Waals surface area (Å²) in [5.74, 6) is 0.570. The average Bonchev–Trinajstić information content (AvgIpc) is 3.15. The smallest absolute Gasteiger partial charge is 0.226 e. The first-order valence-electron chi connectivity index (χ1n) is 9.59. The summed E-state index contributed by atoms with van der Waals surface area (Å²) < 4.78 is 25.2. The number of likely N-dealkylation sites (N-methyl/N-ethyl adjacent to an activating group) is 1. The van der Waals surface area contributed by atoms with Gasteiger partial charge in [0.25, 0.3) is 0 Å². The van der Waals surface area contributed by atoms with E-state index in [2.05, 4.69) is 29.0 Å². The van der Waals surface area contributed by atoms with Crippen LogP contribution in [0.4, 0.5) is 5.95 Å². The second kappa shape index (κ2) is 8.39. The fourth-order valence-corrected chi connectivity index (χ4v) is 5.51. The molecule has 3 rings (SSSR count). The van der Waals surface area contributed by atoms with Crippen LogP contribution in [0.2, 0.25) is 0 Å². The third-order valence-electron chi connectivity index (χ3n) is 5.24. The predicted molar refractivity (Wildman–Crippen MR) is 108 cm³/mol. The third kappa shape index (κ3) is 4.87. The van der Waals surface area contributed by atoms with E-state index < -0.39 is 9.84 Å². The maximum atomic E-state index is 12.5. The molecule has 1 aliphatic heterocycles. The fraction of sp³-hybridized carbons (Fsp3) is 0.579. The molecule has 1 N–H and O–H groups in total. The zero-order chi connectivity index (χ0) is 19.4. The van der Waals surface area contributed by atoms with Gasteiger partial charge in [-0.25, -0.2) is 13.4 Å². The highest BCUT2D eigenvalue weighted by atomic mass is 32.2. The molecule has 1 atom stereocenters. The van der Waals surface area contributed by atoms with Gasteiger partial charge in [0.05, 0.1) is 22.5 Å². The minimum atomic E-state index is -2.97. The van der Waals surface area contributed by atoms with Crippen LogP contribution < -0.4 is 5.32 Å². The number of rotatable bonds is 8. The van der Waals surface area contributed by atoms with Crippen molar-refractivity contribution < 1.29 is 13.2 Å². The Labute approximate surface area is 160 Å². The molecule has 1 unspecified atom stereocenters. The van der Waals surface area contributed by atoms with Gasteiger partial charge < -0.3 is 9.47 Å². The summed E-state index contributed by atoms with van der Waals surface area (Å²) in [7, 11) is -2.97. The topological polar surface area (TPSA) is 84.3 Å². The Morgan fingerprint density at radius 2 is 2.04 bits per heavy atom. The SMILES string of the molecule is CCN(CC)CCn1c(NC(=O)CC2CCS(=O)(=O)C2)nc2ccccc21. The lowest BCUT2D eigenvalue weighted by molar-refractivity contribution is -0.117.